The number of aryl methyl sites for hydroxylation is 2. The first-order valence-corrected chi connectivity index (χ1v) is 15.4. The van der Waals surface area contributed by atoms with E-state index < -0.39 is 23.6 Å². The number of H-pyrrole nitrogens is 1. The van der Waals surface area contributed by atoms with Crippen LogP contribution in [0.1, 0.15) is 49.6 Å². The molecule has 5 aromatic rings. The van der Waals surface area contributed by atoms with Crippen LogP contribution in [0.3, 0.4) is 0 Å². The van der Waals surface area contributed by atoms with Gasteiger partial charge in [0, 0.05) is 64.1 Å². The molecule has 0 aliphatic heterocycles. The number of rotatable bonds is 12. The van der Waals surface area contributed by atoms with E-state index in [-0.39, 0.29) is 23.1 Å². The van der Waals surface area contributed by atoms with Crippen molar-refractivity contribution in [2.45, 2.75) is 58.9 Å². The smallest absolute Gasteiger partial charge is 0.491 e. The minimum absolute atomic E-state index is 0.178. The summed E-state index contributed by atoms with van der Waals surface area (Å²) in [6.07, 6.45) is -1.07. The average Bonchev–Trinajstić information content (AvgIpc) is 3.38. The van der Waals surface area contributed by atoms with Crippen LogP contribution in [-0.4, -0.2) is 43.2 Å². The maximum absolute atomic E-state index is 12.7. The van der Waals surface area contributed by atoms with Gasteiger partial charge in [0.25, 0.3) is 11.1 Å². The number of benzene rings is 2. The summed E-state index contributed by atoms with van der Waals surface area (Å²) in [6.45, 7) is 7.29. The number of pyridine rings is 2. The van der Waals surface area contributed by atoms with E-state index >= 15 is 0 Å². The molecule has 13 heteroatoms. The predicted molar refractivity (Wildman–Crippen MR) is 181 cm³/mol. The van der Waals surface area contributed by atoms with Crippen LogP contribution in [-0.2, 0) is 0 Å². The second kappa shape index (κ2) is 14.2. The van der Waals surface area contributed by atoms with Gasteiger partial charge in [-0.25, -0.2) is 0 Å². The summed E-state index contributed by atoms with van der Waals surface area (Å²) in [5.74, 6) is -0.540. The van der Waals surface area contributed by atoms with Gasteiger partial charge in [-0.1, -0.05) is 6.07 Å². The molecule has 0 saturated carbocycles. The van der Waals surface area contributed by atoms with Crippen molar-refractivity contribution in [1.29, 1.82) is 10.8 Å². The number of nitrogens with zero attached hydrogens (tertiary/aromatic N) is 3. The number of halogens is 3. The molecule has 0 saturated heterocycles. The van der Waals surface area contributed by atoms with Crippen LogP contribution in [0, 0.1) is 24.7 Å². The van der Waals surface area contributed by atoms with Crippen LogP contribution in [0.25, 0.3) is 22.5 Å². The Bertz CT molecular complexity index is 2080. The molecule has 0 bridgehead atoms. The zero-order valence-electron chi connectivity index (χ0n) is 27.3. The Morgan fingerprint density at radius 3 is 1.98 bits per heavy atom. The highest BCUT2D eigenvalue weighted by Gasteiger charge is 2.31. The lowest BCUT2D eigenvalue weighted by Crippen LogP contribution is -2.24. The van der Waals surface area contributed by atoms with E-state index in [0.29, 0.717) is 35.5 Å². The summed E-state index contributed by atoms with van der Waals surface area (Å²) < 4.78 is 50.5. The summed E-state index contributed by atoms with van der Waals surface area (Å²) in [7, 11) is 0. The van der Waals surface area contributed by atoms with E-state index in [1.54, 1.807) is 54.1 Å². The van der Waals surface area contributed by atoms with Crippen molar-refractivity contribution in [2.24, 2.45) is 0 Å². The Kier molecular flexibility index (Phi) is 10.0. The molecule has 5 rings (SSSR count). The van der Waals surface area contributed by atoms with E-state index in [1.807, 2.05) is 20.8 Å². The molecule has 254 valence electrons. The molecule has 3 N–H and O–H groups in total. The summed E-state index contributed by atoms with van der Waals surface area (Å²) in [5, 5.41) is 24.4. The van der Waals surface area contributed by atoms with Gasteiger partial charge in [-0.05, 0) is 101 Å². The third-order valence-electron chi connectivity index (χ3n) is 8.00. The molecule has 0 aliphatic carbocycles. The third-order valence-corrected chi connectivity index (χ3v) is 8.00. The molecule has 3 heterocycles. The van der Waals surface area contributed by atoms with Gasteiger partial charge >= 0.3 is 6.36 Å². The Balaban J connectivity index is 1.24. The van der Waals surface area contributed by atoms with Gasteiger partial charge in [0.05, 0.1) is 17.7 Å². The number of hydrogen-bond acceptors (Lipinski definition) is 7. The van der Waals surface area contributed by atoms with Crippen LogP contribution in [0.5, 0.6) is 11.5 Å². The first kappa shape index (κ1) is 34.6. The van der Waals surface area contributed by atoms with Crippen molar-refractivity contribution in [3.63, 3.8) is 0 Å². The highest BCUT2D eigenvalue weighted by Crippen LogP contribution is 2.27. The van der Waals surface area contributed by atoms with E-state index in [0.717, 1.165) is 34.6 Å². The first-order valence-electron chi connectivity index (χ1n) is 15.4. The van der Waals surface area contributed by atoms with Crippen LogP contribution in [0.2, 0.25) is 0 Å². The van der Waals surface area contributed by atoms with Gasteiger partial charge in [0.2, 0.25) is 0 Å². The normalized spacial score (nSPS) is 12.7. The Hall–Kier alpha value is -5.72. The quantitative estimate of drug-likeness (QED) is 0.120. The van der Waals surface area contributed by atoms with Crippen LogP contribution in [0.4, 0.5) is 13.2 Å². The Morgan fingerprint density at radius 1 is 0.857 bits per heavy atom. The number of hydrogen-bond donors (Lipinski definition) is 3. The summed E-state index contributed by atoms with van der Waals surface area (Å²) >= 11 is 0. The molecule has 49 heavy (non-hydrogen) atoms. The highest BCUT2D eigenvalue weighted by atomic mass is 19.4. The predicted octanol–water partition coefficient (Wildman–Crippen LogP) is 7.28. The fraction of sp³-hybridized carbons (Fsp3) is 0.250. The number of aromatic amines is 1. The van der Waals surface area contributed by atoms with Crippen molar-refractivity contribution in [3.05, 3.63) is 123 Å². The minimum Gasteiger partial charge on any atom is -0.491 e. The van der Waals surface area contributed by atoms with Crippen LogP contribution >= 0.6 is 0 Å². The zero-order chi connectivity index (χ0) is 35.5. The molecular formula is C36H35F3N6O4. The van der Waals surface area contributed by atoms with Crippen molar-refractivity contribution in [1.82, 2.24) is 19.3 Å². The van der Waals surface area contributed by atoms with Crippen molar-refractivity contribution in [2.75, 3.05) is 0 Å². The standard InChI is InChI=1S/C36H35F3N6O4/c1-21(48-29-12-8-27(9-13-29)45-20-26(7-18-33(45)47)35-23(3)42-43-24(35)4)5-16-31(41)34(22(2)40)25-6-17-32(46)44(19-25)28-10-14-30(15-11-28)49-36(37,38)39/h6-15,17-21,34,40-41H,5,16H2,1-4H3,(H,42,43). The van der Waals surface area contributed by atoms with Crippen LogP contribution < -0.4 is 20.6 Å². The third kappa shape index (κ3) is 8.23. The van der Waals surface area contributed by atoms with Gasteiger partial charge < -0.3 is 20.3 Å². The van der Waals surface area contributed by atoms with Gasteiger partial charge in [-0.15, -0.1) is 13.2 Å². The number of aromatic nitrogens is 4. The van der Waals surface area contributed by atoms with Crippen LogP contribution in [0.15, 0.2) is 94.8 Å². The maximum atomic E-state index is 12.7. The Morgan fingerprint density at radius 2 is 1.43 bits per heavy atom. The van der Waals surface area contributed by atoms with E-state index in [4.69, 9.17) is 15.6 Å². The van der Waals surface area contributed by atoms with Gasteiger partial charge in [-0.2, -0.15) is 5.10 Å². The second-order valence-electron chi connectivity index (χ2n) is 11.7. The van der Waals surface area contributed by atoms with E-state index in [1.165, 1.54) is 35.0 Å². The molecule has 10 nitrogen and oxygen atoms in total. The number of nitrogens with one attached hydrogen (secondary N) is 3. The van der Waals surface area contributed by atoms with E-state index in [9.17, 15) is 22.8 Å². The molecule has 2 aromatic carbocycles. The van der Waals surface area contributed by atoms with E-state index in [2.05, 4.69) is 14.9 Å². The lowest BCUT2D eigenvalue weighted by atomic mass is 9.88. The molecular weight excluding hydrogens is 637 g/mol. The summed E-state index contributed by atoms with van der Waals surface area (Å²) in [5.41, 5.74) is 4.91. The van der Waals surface area contributed by atoms with Gasteiger partial charge in [0.1, 0.15) is 11.5 Å². The number of ether oxygens (including phenoxy) is 2. The Labute approximate surface area is 279 Å². The number of alkyl halides is 3. The topological polar surface area (TPSA) is 139 Å². The van der Waals surface area contributed by atoms with Crippen molar-refractivity contribution < 1.29 is 22.6 Å². The monoisotopic (exact) mass is 672 g/mol. The molecule has 2 unspecified atom stereocenters. The van der Waals surface area contributed by atoms with Crippen molar-refractivity contribution >= 4 is 11.4 Å². The molecule has 0 spiro atoms. The maximum Gasteiger partial charge on any atom is 0.573 e. The lowest BCUT2D eigenvalue weighted by molar-refractivity contribution is -0.274. The highest BCUT2D eigenvalue weighted by molar-refractivity contribution is 6.09. The average molecular weight is 673 g/mol. The summed E-state index contributed by atoms with van der Waals surface area (Å²) in [6, 6.07) is 18.2. The minimum atomic E-state index is -4.84. The SMILES string of the molecule is CC(=N)C(C(=N)CCC(C)Oc1ccc(-n2cc(-c3c(C)n[nH]c3C)ccc2=O)cc1)c1ccc(=O)n(-c2ccc(OC(F)(F)F)cc2)c1. The molecule has 0 amide bonds. The lowest BCUT2D eigenvalue weighted by Gasteiger charge is -2.21. The molecule has 0 fully saturated rings. The van der Waals surface area contributed by atoms with Gasteiger partial charge in [0.15, 0.2) is 0 Å². The first-order chi connectivity index (χ1) is 23.2. The molecule has 0 radical (unpaired) electrons. The molecule has 3 aromatic heterocycles. The molecule has 2 atom stereocenters. The largest absolute Gasteiger partial charge is 0.573 e. The molecule has 0 aliphatic rings. The zero-order valence-corrected chi connectivity index (χ0v) is 27.3. The fourth-order valence-corrected chi connectivity index (χ4v) is 5.69. The second-order valence-corrected chi connectivity index (χ2v) is 11.7. The van der Waals surface area contributed by atoms with Gasteiger partial charge in [-0.3, -0.25) is 23.8 Å². The summed E-state index contributed by atoms with van der Waals surface area (Å²) in [4.78, 5) is 25.4. The van der Waals surface area contributed by atoms with Crippen molar-refractivity contribution in [3.8, 4) is 34.0 Å². The fourth-order valence-electron chi connectivity index (χ4n) is 5.69.